The second-order valence-corrected chi connectivity index (χ2v) is 8.97. The lowest BCUT2D eigenvalue weighted by Crippen LogP contribution is -2.52. The molecule has 2 aromatic rings. The van der Waals surface area contributed by atoms with Crippen molar-refractivity contribution < 1.29 is 18.3 Å². The van der Waals surface area contributed by atoms with Gasteiger partial charge in [0.25, 0.3) is 0 Å². The van der Waals surface area contributed by atoms with Crippen LogP contribution < -0.4 is 5.32 Å². The van der Waals surface area contributed by atoms with E-state index < -0.39 is 10.9 Å². The fourth-order valence-corrected chi connectivity index (χ4v) is 5.58. The summed E-state index contributed by atoms with van der Waals surface area (Å²) >= 11 is 4.04. The first-order chi connectivity index (χ1) is 13.5. The van der Waals surface area contributed by atoms with Crippen molar-refractivity contribution >= 4 is 39.1 Å². The smallest absolute Gasteiger partial charge is 0.311 e. The Balaban J connectivity index is 1.67. The van der Waals surface area contributed by atoms with Crippen molar-refractivity contribution in [2.45, 2.75) is 38.6 Å². The summed E-state index contributed by atoms with van der Waals surface area (Å²) in [4.78, 5) is 21.2. The summed E-state index contributed by atoms with van der Waals surface area (Å²) in [7, 11) is 0. The molecule has 3 aliphatic rings. The van der Waals surface area contributed by atoms with E-state index >= 15 is 4.39 Å². The molecule has 0 aromatic carbocycles. The van der Waals surface area contributed by atoms with Crippen LogP contribution in [0.2, 0.25) is 0 Å². The first-order valence-electron chi connectivity index (χ1n) is 9.39. The maximum Gasteiger partial charge on any atom is 0.311 e. The van der Waals surface area contributed by atoms with Crippen LogP contribution in [-0.4, -0.2) is 28.6 Å². The fraction of sp³-hybridized carbons (Fsp3) is 0.526. The van der Waals surface area contributed by atoms with Crippen LogP contribution in [0.3, 0.4) is 0 Å². The monoisotopic (exact) mass is 471 g/mol. The quantitative estimate of drug-likeness (QED) is 0.489. The Bertz CT molecular complexity index is 886. The number of thiophene rings is 1. The summed E-state index contributed by atoms with van der Waals surface area (Å²) in [6.45, 7) is 2.11. The molecule has 0 spiro atoms. The van der Waals surface area contributed by atoms with Gasteiger partial charge in [-0.05, 0) is 72.5 Å². The maximum atomic E-state index is 15.2. The Morgan fingerprint density at radius 2 is 1.96 bits per heavy atom. The number of hydrogen-bond acceptors (Lipinski definition) is 6. The van der Waals surface area contributed by atoms with Crippen molar-refractivity contribution in [2.24, 2.45) is 17.8 Å². The first-order valence-corrected chi connectivity index (χ1v) is 11.0. The second kappa shape index (κ2) is 8.02. The highest BCUT2D eigenvalue weighted by Crippen LogP contribution is 2.47. The van der Waals surface area contributed by atoms with Crippen LogP contribution in [-0.2, 0) is 9.53 Å². The number of nitrogens with one attached hydrogen (secondary N) is 1. The molecule has 2 aromatic heterocycles. The van der Waals surface area contributed by atoms with Crippen LogP contribution in [0.5, 0.6) is 0 Å². The summed E-state index contributed by atoms with van der Waals surface area (Å²) in [6.07, 6.45) is 3.97. The maximum absolute atomic E-state index is 15.2. The van der Waals surface area contributed by atoms with E-state index in [1.165, 1.54) is 12.1 Å². The number of carbonyl (C=O) groups excluding carboxylic acids is 1. The van der Waals surface area contributed by atoms with E-state index in [9.17, 15) is 9.18 Å². The van der Waals surface area contributed by atoms with Crippen LogP contribution in [0.15, 0.2) is 16.9 Å². The van der Waals surface area contributed by atoms with Crippen LogP contribution in [0, 0.1) is 28.7 Å². The van der Waals surface area contributed by atoms with E-state index in [4.69, 9.17) is 4.74 Å². The average molecular weight is 472 g/mol. The first kappa shape index (κ1) is 19.7. The molecule has 3 saturated carbocycles. The zero-order valence-corrected chi connectivity index (χ0v) is 17.7. The SMILES string of the molecule is CCOC(=O)[C@@H]1C2CCC(CC2)[C@H]1Nc1nc(Br)nc(-c2ccc(F)s2)c1F. The Labute approximate surface area is 174 Å². The largest absolute Gasteiger partial charge is 0.466 e. The molecule has 2 heterocycles. The summed E-state index contributed by atoms with van der Waals surface area (Å²) in [5.41, 5.74) is 0.0342. The van der Waals surface area contributed by atoms with Gasteiger partial charge in [-0.3, -0.25) is 4.79 Å². The molecular weight excluding hydrogens is 452 g/mol. The minimum atomic E-state index is -0.644. The molecule has 5 nitrogen and oxygen atoms in total. The average Bonchev–Trinajstić information content (AvgIpc) is 3.11. The Hall–Kier alpha value is -1.61. The van der Waals surface area contributed by atoms with E-state index in [0.717, 1.165) is 37.0 Å². The number of carbonyl (C=O) groups is 1. The number of halogens is 3. The number of hydrogen-bond donors (Lipinski definition) is 1. The molecule has 1 N–H and O–H groups in total. The fourth-order valence-electron chi connectivity index (χ4n) is 4.51. The predicted octanol–water partition coefficient (Wildman–Crippen LogP) is 5.03. The van der Waals surface area contributed by atoms with Gasteiger partial charge in [-0.2, -0.15) is 4.39 Å². The molecule has 150 valence electrons. The summed E-state index contributed by atoms with van der Waals surface area (Å²) in [6, 6.07) is 2.53. The molecule has 0 amide bonds. The number of rotatable bonds is 5. The van der Waals surface area contributed by atoms with Gasteiger partial charge in [-0.1, -0.05) is 0 Å². The third-order valence-corrected chi connectivity index (χ3v) is 6.95. The minimum Gasteiger partial charge on any atom is -0.466 e. The van der Waals surface area contributed by atoms with Crippen molar-refractivity contribution in [3.63, 3.8) is 0 Å². The molecule has 3 fully saturated rings. The van der Waals surface area contributed by atoms with Crippen molar-refractivity contribution in [3.05, 3.63) is 27.8 Å². The van der Waals surface area contributed by atoms with E-state index in [1.807, 2.05) is 0 Å². The zero-order valence-electron chi connectivity index (χ0n) is 15.3. The number of aromatic nitrogens is 2. The van der Waals surface area contributed by atoms with Gasteiger partial charge < -0.3 is 10.1 Å². The van der Waals surface area contributed by atoms with Crippen molar-refractivity contribution in [1.82, 2.24) is 9.97 Å². The van der Waals surface area contributed by atoms with Gasteiger partial charge in [0.1, 0.15) is 5.69 Å². The van der Waals surface area contributed by atoms with Crippen molar-refractivity contribution in [1.29, 1.82) is 0 Å². The van der Waals surface area contributed by atoms with E-state index in [1.54, 1.807) is 6.92 Å². The van der Waals surface area contributed by atoms with Crippen LogP contribution in [0.25, 0.3) is 10.6 Å². The van der Waals surface area contributed by atoms with E-state index in [0.29, 0.717) is 11.5 Å². The van der Waals surface area contributed by atoms with Gasteiger partial charge in [0.15, 0.2) is 21.5 Å². The molecular formula is C19H20BrF2N3O2S. The van der Waals surface area contributed by atoms with E-state index in [-0.39, 0.29) is 46.0 Å². The summed E-state index contributed by atoms with van der Waals surface area (Å²) in [5.74, 6) is -0.672. The van der Waals surface area contributed by atoms with Gasteiger partial charge in [0.2, 0.25) is 0 Å². The van der Waals surface area contributed by atoms with Crippen LogP contribution in [0.1, 0.15) is 32.6 Å². The predicted molar refractivity (Wildman–Crippen MR) is 106 cm³/mol. The molecule has 0 unspecified atom stereocenters. The highest BCUT2D eigenvalue weighted by molar-refractivity contribution is 9.10. The lowest BCUT2D eigenvalue weighted by atomic mass is 9.61. The van der Waals surface area contributed by atoms with Gasteiger partial charge in [0.05, 0.1) is 17.4 Å². The van der Waals surface area contributed by atoms with Gasteiger partial charge in [-0.25, -0.2) is 14.4 Å². The number of nitrogens with zero attached hydrogens (tertiary/aromatic N) is 2. The molecule has 2 atom stereocenters. The molecule has 5 rings (SSSR count). The molecule has 3 aliphatic carbocycles. The Kier molecular flexibility index (Phi) is 5.64. The lowest BCUT2D eigenvalue weighted by molar-refractivity contribution is -0.154. The number of esters is 1. The third kappa shape index (κ3) is 3.66. The molecule has 28 heavy (non-hydrogen) atoms. The van der Waals surface area contributed by atoms with Gasteiger partial charge in [-0.15, -0.1) is 11.3 Å². The second-order valence-electron chi connectivity index (χ2n) is 7.23. The number of anilines is 1. The van der Waals surface area contributed by atoms with Crippen LogP contribution in [0.4, 0.5) is 14.6 Å². The molecule has 2 bridgehead atoms. The molecule has 0 radical (unpaired) electrons. The number of ether oxygens (including phenoxy) is 1. The normalized spacial score (nSPS) is 26.3. The van der Waals surface area contributed by atoms with E-state index in [2.05, 4.69) is 31.2 Å². The Morgan fingerprint density at radius 3 is 2.61 bits per heavy atom. The molecule has 0 saturated heterocycles. The van der Waals surface area contributed by atoms with Crippen molar-refractivity contribution in [2.75, 3.05) is 11.9 Å². The molecule has 9 heteroatoms. The Morgan fingerprint density at radius 1 is 1.25 bits per heavy atom. The standard InChI is InChI=1S/C19H20BrF2N3O2S/c1-2-27-18(26)13-9-3-5-10(6-4-9)15(13)23-17-14(22)16(24-19(20)25-17)11-7-8-12(21)28-11/h7-10,13,15H,2-6H2,1H3,(H,23,24,25)/t9?,10?,13-,15-/m1/s1. The molecule has 0 aliphatic heterocycles. The van der Waals surface area contributed by atoms with Crippen molar-refractivity contribution in [3.8, 4) is 10.6 Å². The lowest BCUT2D eigenvalue weighted by Gasteiger charge is -2.47. The zero-order chi connectivity index (χ0) is 19.8. The minimum absolute atomic E-state index is 0.0255. The number of fused-ring (bicyclic) bond motifs is 3. The third-order valence-electron chi connectivity index (χ3n) is 5.71. The topological polar surface area (TPSA) is 64.1 Å². The summed E-state index contributed by atoms with van der Waals surface area (Å²) in [5, 5.41) is 2.77. The summed E-state index contributed by atoms with van der Waals surface area (Å²) < 4.78 is 34.1. The van der Waals surface area contributed by atoms with Gasteiger partial charge >= 0.3 is 5.97 Å². The highest BCUT2D eigenvalue weighted by atomic mass is 79.9. The van der Waals surface area contributed by atoms with Gasteiger partial charge in [0, 0.05) is 6.04 Å². The highest BCUT2D eigenvalue weighted by Gasteiger charge is 2.48. The van der Waals surface area contributed by atoms with Crippen LogP contribution >= 0.6 is 27.3 Å².